The number of aromatic nitrogens is 6. The Kier molecular flexibility index (Phi) is 4.65. The molecule has 27 heavy (non-hydrogen) atoms. The molecule has 1 N–H and O–H groups in total. The lowest BCUT2D eigenvalue weighted by Crippen LogP contribution is -2.35. The van der Waals surface area contributed by atoms with E-state index >= 15 is 0 Å². The molecule has 0 aromatic carbocycles. The molecule has 3 aromatic rings. The van der Waals surface area contributed by atoms with Gasteiger partial charge in [-0.15, -0.1) is 0 Å². The first-order chi connectivity index (χ1) is 13.1. The number of aryl methyl sites for hydroxylation is 3. The first kappa shape index (κ1) is 17.7. The lowest BCUT2D eigenvalue weighted by atomic mass is 10.1. The highest BCUT2D eigenvalue weighted by Crippen LogP contribution is 2.26. The van der Waals surface area contributed by atoms with Crippen molar-refractivity contribution in [2.24, 2.45) is 7.05 Å². The predicted molar refractivity (Wildman–Crippen MR) is 101 cm³/mol. The third kappa shape index (κ3) is 3.32. The third-order valence-corrected chi connectivity index (χ3v) is 4.98. The van der Waals surface area contributed by atoms with E-state index in [2.05, 4.69) is 26.9 Å². The minimum absolute atomic E-state index is 0.596. The van der Waals surface area contributed by atoms with Crippen LogP contribution < -0.4 is 4.90 Å². The lowest BCUT2D eigenvalue weighted by molar-refractivity contribution is 0.200. The van der Waals surface area contributed by atoms with Crippen LogP contribution in [-0.2, 0) is 26.6 Å². The highest BCUT2D eigenvalue weighted by Gasteiger charge is 2.25. The molecule has 0 saturated carbocycles. The second-order valence-corrected chi connectivity index (χ2v) is 7.02. The van der Waals surface area contributed by atoms with Crippen molar-refractivity contribution in [1.29, 1.82) is 0 Å². The molecule has 0 aliphatic carbocycles. The molecule has 0 amide bonds. The Hall–Kier alpha value is -2.74. The van der Waals surface area contributed by atoms with Gasteiger partial charge in [0.1, 0.15) is 17.5 Å². The van der Waals surface area contributed by atoms with Crippen LogP contribution in [0, 0.1) is 6.92 Å². The summed E-state index contributed by atoms with van der Waals surface area (Å²) in [5.41, 5.74) is 2.89. The van der Waals surface area contributed by atoms with Gasteiger partial charge in [-0.3, -0.25) is 4.68 Å². The normalized spacial score (nSPS) is 15.0. The second kappa shape index (κ2) is 7.11. The highest BCUT2D eigenvalue weighted by atomic mass is 16.3. The van der Waals surface area contributed by atoms with E-state index in [4.69, 9.17) is 4.98 Å². The molecule has 1 aliphatic rings. The van der Waals surface area contributed by atoms with Crippen LogP contribution >= 0.6 is 0 Å². The molecule has 1 atom stereocenters. The molecule has 0 radical (unpaired) electrons. The van der Waals surface area contributed by atoms with Gasteiger partial charge in [-0.2, -0.15) is 5.10 Å². The lowest BCUT2D eigenvalue weighted by Gasteiger charge is -2.30. The van der Waals surface area contributed by atoms with Gasteiger partial charge in [0, 0.05) is 37.7 Å². The van der Waals surface area contributed by atoms with Gasteiger partial charge in [0.05, 0.1) is 24.5 Å². The summed E-state index contributed by atoms with van der Waals surface area (Å²) in [6, 6.07) is 1.97. The number of rotatable bonds is 5. The standard InChI is InChI=1S/C19H25N7O/c1-4-5-14-11-21-13(2)22-18(14)25-8-9-26-15(12-25)10-16(23-26)17(27)19-20-6-7-24(19)3/h6-7,10-11,17,27H,4-5,8-9,12H2,1-3H3/t17-/m0/s1. The van der Waals surface area contributed by atoms with Crippen molar-refractivity contribution in [3.05, 3.63) is 53.3 Å². The van der Waals surface area contributed by atoms with E-state index < -0.39 is 6.10 Å². The summed E-state index contributed by atoms with van der Waals surface area (Å²) in [5.74, 6) is 2.40. The molecule has 8 heteroatoms. The Morgan fingerprint density at radius 3 is 2.85 bits per heavy atom. The first-order valence-corrected chi connectivity index (χ1v) is 9.36. The van der Waals surface area contributed by atoms with Gasteiger partial charge in [0.2, 0.25) is 0 Å². The van der Waals surface area contributed by atoms with Gasteiger partial charge < -0.3 is 14.6 Å². The van der Waals surface area contributed by atoms with Crippen LogP contribution in [0.2, 0.25) is 0 Å². The van der Waals surface area contributed by atoms with Gasteiger partial charge in [0.25, 0.3) is 0 Å². The Morgan fingerprint density at radius 2 is 2.11 bits per heavy atom. The van der Waals surface area contributed by atoms with Gasteiger partial charge in [-0.1, -0.05) is 13.3 Å². The van der Waals surface area contributed by atoms with Crippen molar-refractivity contribution in [2.75, 3.05) is 11.4 Å². The van der Waals surface area contributed by atoms with Crippen LogP contribution in [0.25, 0.3) is 0 Å². The number of hydrogen-bond donors (Lipinski definition) is 1. The maximum Gasteiger partial charge on any atom is 0.155 e. The van der Waals surface area contributed by atoms with E-state index in [1.165, 1.54) is 5.56 Å². The van der Waals surface area contributed by atoms with Crippen LogP contribution in [0.4, 0.5) is 5.82 Å². The minimum atomic E-state index is -0.825. The number of aliphatic hydroxyl groups excluding tert-OH is 1. The molecule has 0 bridgehead atoms. The molecule has 0 spiro atoms. The molecule has 0 saturated heterocycles. The SMILES string of the molecule is CCCc1cnc(C)nc1N1CCn2nc([C@H](O)c3nccn3C)cc2C1. The zero-order valence-corrected chi connectivity index (χ0v) is 16.0. The largest absolute Gasteiger partial charge is 0.379 e. The molecule has 142 valence electrons. The fourth-order valence-corrected chi connectivity index (χ4v) is 3.58. The number of imidazole rings is 1. The zero-order valence-electron chi connectivity index (χ0n) is 16.0. The van der Waals surface area contributed by atoms with Crippen molar-refractivity contribution in [3.8, 4) is 0 Å². The van der Waals surface area contributed by atoms with Crippen LogP contribution in [0.15, 0.2) is 24.7 Å². The molecular formula is C19H25N7O. The van der Waals surface area contributed by atoms with Crippen molar-refractivity contribution in [2.45, 2.75) is 45.9 Å². The Labute approximate surface area is 158 Å². The van der Waals surface area contributed by atoms with Gasteiger partial charge in [-0.05, 0) is 19.4 Å². The maximum absolute atomic E-state index is 10.7. The zero-order chi connectivity index (χ0) is 19.0. The number of aliphatic hydroxyl groups is 1. The molecule has 8 nitrogen and oxygen atoms in total. The number of hydrogen-bond acceptors (Lipinski definition) is 6. The summed E-state index contributed by atoms with van der Waals surface area (Å²) < 4.78 is 3.79. The van der Waals surface area contributed by atoms with E-state index in [1.54, 1.807) is 6.20 Å². The van der Waals surface area contributed by atoms with Crippen LogP contribution in [0.3, 0.4) is 0 Å². The monoisotopic (exact) mass is 367 g/mol. The molecule has 0 unspecified atom stereocenters. The summed E-state index contributed by atoms with van der Waals surface area (Å²) in [6.45, 7) is 6.40. The van der Waals surface area contributed by atoms with E-state index in [0.29, 0.717) is 18.1 Å². The number of nitrogens with zero attached hydrogens (tertiary/aromatic N) is 7. The highest BCUT2D eigenvalue weighted by molar-refractivity contribution is 5.47. The molecule has 1 aliphatic heterocycles. The van der Waals surface area contributed by atoms with Crippen LogP contribution in [0.1, 0.15) is 48.0 Å². The van der Waals surface area contributed by atoms with Crippen molar-refractivity contribution >= 4 is 5.82 Å². The average molecular weight is 367 g/mol. The summed E-state index contributed by atoms with van der Waals surface area (Å²) in [7, 11) is 1.87. The van der Waals surface area contributed by atoms with Crippen molar-refractivity contribution < 1.29 is 5.11 Å². The number of anilines is 1. The van der Waals surface area contributed by atoms with Crippen LogP contribution in [-0.4, -0.2) is 41.0 Å². The average Bonchev–Trinajstić information content (AvgIpc) is 3.28. The smallest absolute Gasteiger partial charge is 0.155 e. The van der Waals surface area contributed by atoms with Crippen LogP contribution in [0.5, 0.6) is 0 Å². The minimum Gasteiger partial charge on any atom is -0.379 e. The second-order valence-electron chi connectivity index (χ2n) is 7.02. The summed E-state index contributed by atoms with van der Waals surface area (Å²) in [6.07, 6.45) is 6.66. The van der Waals surface area contributed by atoms with E-state index in [0.717, 1.165) is 43.3 Å². The summed E-state index contributed by atoms with van der Waals surface area (Å²) >= 11 is 0. The Morgan fingerprint density at radius 1 is 1.26 bits per heavy atom. The fraction of sp³-hybridized carbons (Fsp3) is 0.474. The summed E-state index contributed by atoms with van der Waals surface area (Å²) in [4.78, 5) is 15.6. The Bertz CT molecular complexity index is 945. The molecule has 4 rings (SSSR count). The van der Waals surface area contributed by atoms with E-state index in [9.17, 15) is 5.11 Å². The van der Waals surface area contributed by atoms with Gasteiger partial charge in [0.15, 0.2) is 6.10 Å². The summed E-state index contributed by atoms with van der Waals surface area (Å²) in [5, 5.41) is 15.3. The van der Waals surface area contributed by atoms with Crippen molar-refractivity contribution in [3.63, 3.8) is 0 Å². The first-order valence-electron chi connectivity index (χ1n) is 9.36. The third-order valence-electron chi connectivity index (χ3n) is 4.98. The van der Waals surface area contributed by atoms with E-state index in [1.807, 2.05) is 41.7 Å². The quantitative estimate of drug-likeness (QED) is 0.740. The van der Waals surface area contributed by atoms with Crippen molar-refractivity contribution in [1.82, 2.24) is 29.3 Å². The van der Waals surface area contributed by atoms with Gasteiger partial charge >= 0.3 is 0 Å². The molecule has 4 heterocycles. The van der Waals surface area contributed by atoms with Gasteiger partial charge in [-0.25, -0.2) is 15.0 Å². The molecule has 3 aromatic heterocycles. The van der Waals surface area contributed by atoms with E-state index in [-0.39, 0.29) is 0 Å². The predicted octanol–water partition coefficient (Wildman–Crippen LogP) is 1.77. The molecular weight excluding hydrogens is 342 g/mol. The maximum atomic E-state index is 10.7. The fourth-order valence-electron chi connectivity index (χ4n) is 3.58. The number of fused-ring (bicyclic) bond motifs is 1. The Balaban J connectivity index is 1.60. The molecule has 0 fully saturated rings. The topological polar surface area (TPSA) is 84.9 Å².